The number of hydrogen-bond acceptors (Lipinski definition) is 6. The summed E-state index contributed by atoms with van der Waals surface area (Å²) >= 11 is 7.30. The van der Waals surface area contributed by atoms with Crippen molar-refractivity contribution in [1.82, 2.24) is 33.2 Å². The van der Waals surface area contributed by atoms with Crippen LogP contribution in [0.4, 0.5) is 0 Å². The second kappa shape index (κ2) is 9.19. The molecule has 1 saturated heterocycles. The lowest BCUT2D eigenvalue weighted by Gasteiger charge is -2.33. The third kappa shape index (κ3) is 4.06. The summed E-state index contributed by atoms with van der Waals surface area (Å²) in [7, 11) is 3.07. The second-order valence-electron chi connectivity index (χ2n) is 8.93. The van der Waals surface area contributed by atoms with Crippen LogP contribution in [0.5, 0.6) is 0 Å². The van der Waals surface area contributed by atoms with Gasteiger partial charge >= 0.3 is 5.69 Å². The van der Waals surface area contributed by atoms with Gasteiger partial charge in [-0.25, -0.2) is 9.20 Å². The standard InChI is InChI=1S/C23H26ClN7O3S/c1-14-6-4-5-11-29(14)17(32)13-35-22-26-25-21-30(12-15-7-9-16(24)10-8-15)18-19(31(21)22)27(2)23(34)28(3)20(18)33/h7-10,14H,4-6,11-13H2,1-3H3. The van der Waals surface area contributed by atoms with Crippen molar-refractivity contribution in [1.29, 1.82) is 0 Å². The molecule has 1 fully saturated rings. The number of aromatic nitrogens is 6. The number of benzene rings is 1. The summed E-state index contributed by atoms with van der Waals surface area (Å²) in [6.07, 6.45) is 3.16. The molecular weight excluding hydrogens is 490 g/mol. The van der Waals surface area contributed by atoms with Crippen molar-refractivity contribution in [2.45, 2.75) is 43.9 Å². The zero-order chi connectivity index (χ0) is 24.9. The zero-order valence-electron chi connectivity index (χ0n) is 19.8. The molecule has 1 aromatic carbocycles. The molecule has 1 atom stereocenters. The molecule has 0 spiro atoms. The van der Waals surface area contributed by atoms with Crippen molar-refractivity contribution < 1.29 is 4.79 Å². The van der Waals surface area contributed by atoms with Gasteiger partial charge in [0.25, 0.3) is 5.56 Å². The van der Waals surface area contributed by atoms with E-state index in [1.165, 1.54) is 23.4 Å². The number of carbonyl (C=O) groups is 1. The Balaban J connectivity index is 1.61. The maximum atomic E-state index is 13.2. The summed E-state index contributed by atoms with van der Waals surface area (Å²) < 4.78 is 5.96. The number of nitrogens with zero attached hydrogens (tertiary/aromatic N) is 7. The topological polar surface area (TPSA) is 99.4 Å². The van der Waals surface area contributed by atoms with Crippen molar-refractivity contribution in [3.05, 3.63) is 55.7 Å². The van der Waals surface area contributed by atoms with Crippen LogP contribution in [0, 0.1) is 0 Å². The van der Waals surface area contributed by atoms with E-state index < -0.39 is 11.2 Å². The highest BCUT2D eigenvalue weighted by Gasteiger charge is 2.26. The molecule has 4 aromatic rings. The van der Waals surface area contributed by atoms with Crippen LogP contribution in [0.1, 0.15) is 31.7 Å². The quantitative estimate of drug-likeness (QED) is 0.378. The Morgan fingerprint density at radius 1 is 1.11 bits per heavy atom. The molecule has 0 bridgehead atoms. The van der Waals surface area contributed by atoms with Crippen LogP contribution in [0.15, 0.2) is 39.0 Å². The van der Waals surface area contributed by atoms with Crippen molar-refractivity contribution in [2.75, 3.05) is 12.3 Å². The Labute approximate surface area is 210 Å². The molecule has 12 heteroatoms. The Morgan fingerprint density at radius 2 is 1.86 bits per heavy atom. The number of amides is 1. The number of imidazole rings is 1. The van der Waals surface area contributed by atoms with E-state index in [-0.39, 0.29) is 17.7 Å². The molecule has 184 valence electrons. The van der Waals surface area contributed by atoms with E-state index in [2.05, 4.69) is 17.1 Å². The van der Waals surface area contributed by atoms with Crippen LogP contribution >= 0.6 is 23.4 Å². The number of halogens is 1. The van der Waals surface area contributed by atoms with Gasteiger partial charge in [-0.05, 0) is 43.9 Å². The minimum Gasteiger partial charge on any atom is -0.339 e. The molecule has 10 nitrogen and oxygen atoms in total. The highest BCUT2D eigenvalue weighted by molar-refractivity contribution is 7.99. The smallest absolute Gasteiger partial charge is 0.332 e. The molecule has 5 rings (SSSR count). The third-order valence-electron chi connectivity index (χ3n) is 6.65. The Bertz CT molecular complexity index is 1550. The normalized spacial score (nSPS) is 16.5. The van der Waals surface area contributed by atoms with E-state index >= 15 is 0 Å². The first-order valence-electron chi connectivity index (χ1n) is 11.5. The third-order valence-corrected chi connectivity index (χ3v) is 7.82. The van der Waals surface area contributed by atoms with Gasteiger partial charge in [0.1, 0.15) is 0 Å². The molecule has 1 unspecified atom stereocenters. The molecular formula is C23H26ClN7O3S. The summed E-state index contributed by atoms with van der Waals surface area (Å²) in [6.45, 7) is 3.18. The van der Waals surface area contributed by atoms with E-state index in [1.807, 2.05) is 17.0 Å². The molecule has 0 aliphatic carbocycles. The monoisotopic (exact) mass is 515 g/mol. The number of rotatable bonds is 5. The summed E-state index contributed by atoms with van der Waals surface area (Å²) in [5, 5.41) is 9.75. The number of aryl methyl sites for hydroxylation is 1. The number of fused-ring (bicyclic) bond motifs is 3. The number of likely N-dealkylation sites (tertiary alicyclic amines) is 1. The fourth-order valence-electron chi connectivity index (χ4n) is 4.72. The van der Waals surface area contributed by atoms with E-state index in [4.69, 9.17) is 11.6 Å². The van der Waals surface area contributed by atoms with Gasteiger partial charge in [-0.2, -0.15) is 0 Å². The van der Waals surface area contributed by atoms with Crippen molar-refractivity contribution in [2.24, 2.45) is 14.1 Å². The lowest BCUT2D eigenvalue weighted by atomic mass is 10.0. The molecule has 35 heavy (non-hydrogen) atoms. The van der Waals surface area contributed by atoms with Gasteiger partial charge in [-0.1, -0.05) is 35.5 Å². The van der Waals surface area contributed by atoms with Crippen LogP contribution in [0.3, 0.4) is 0 Å². The molecule has 0 saturated carbocycles. The van der Waals surface area contributed by atoms with E-state index in [0.29, 0.717) is 33.7 Å². The molecule has 1 aliphatic heterocycles. The first kappa shape index (κ1) is 23.7. The first-order valence-corrected chi connectivity index (χ1v) is 12.8. The second-order valence-corrected chi connectivity index (χ2v) is 10.3. The van der Waals surface area contributed by atoms with E-state index in [1.54, 1.807) is 28.1 Å². The number of carbonyl (C=O) groups excluding carboxylic acids is 1. The Kier molecular flexibility index (Phi) is 6.22. The molecule has 3 aromatic heterocycles. The minimum absolute atomic E-state index is 0.0497. The van der Waals surface area contributed by atoms with Gasteiger partial charge in [-0.3, -0.25) is 23.3 Å². The maximum absolute atomic E-state index is 13.2. The maximum Gasteiger partial charge on any atom is 0.332 e. The largest absolute Gasteiger partial charge is 0.339 e. The summed E-state index contributed by atoms with van der Waals surface area (Å²) in [4.78, 5) is 40.8. The van der Waals surface area contributed by atoms with Crippen molar-refractivity contribution in [3.8, 4) is 0 Å². The molecule has 4 heterocycles. The summed E-state index contributed by atoms with van der Waals surface area (Å²) in [5.74, 6) is 0.677. The van der Waals surface area contributed by atoms with Crippen molar-refractivity contribution in [3.63, 3.8) is 0 Å². The first-order chi connectivity index (χ1) is 16.8. The van der Waals surface area contributed by atoms with Gasteiger partial charge in [0.05, 0.1) is 12.3 Å². The molecule has 0 radical (unpaired) electrons. The minimum atomic E-state index is -0.448. The van der Waals surface area contributed by atoms with Crippen LogP contribution < -0.4 is 11.2 Å². The number of hydrogen-bond donors (Lipinski definition) is 0. The van der Waals surface area contributed by atoms with Crippen LogP contribution in [-0.2, 0) is 25.4 Å². The SMILES string of the molecule is CC1CCCCN1C(=O)CSc1nnc2n(Cc3ccc(Cl)cc3)c3c(=O)n(C)c(=O)n(C)c3n12. The summed E-state index contributed by atoms with van der Waals surface area (Å²) in [6, 6.07) is 7.54. The van der Waals surface area contributed by atoms with E-state index in [9.17, 15) is 14.4 Å². The average molecular weight is 516 g/mol. The molecule has 1 aliphatic rings. The van der Waals surface area contributed by atoms with Gasteiger partial charge in [0.15, 0.2) is 16.3 Å². The van der Waals surface area contributed by atoms with E-state index in [0.717, 1.165) is 35.9 Å². The molecule has 0 N–H and O–H groups in total. The fraction of sp³-hybridized carbons (Fsp3) is 0.435. The summed E-state index contributed by atoms with van der Waals surface area (Å²) in [5.41, 5.74) is 0.782. The zero-order valence-corrected chi connectivity index (χ0v) is 21.3. The predicted octanol–water partition coefficient (Wildman–Crippen LogP) is 2.28. The number of piperidine rings is 1. The van der Waals surface area contributed by atoms with Crippen LogP contribution in [0.25, 0.3) is 16.9 Å². The Morgan fingerprint density at radius 3 is 2.57 bits per heavy atom. The highest BCUT2D eigenvalue weighted by Crippen LogP contribution is 2.26. The highest BCUT2D eigenvalue weighted by atomic mass is 35.5. The lowest BCUT2D eigenvalue weighted by molar-refractivity contribution is -0.131. The number of thioether (sulfide) groups is 1. The van der Waals surface area contributed by atoms with Crippen molar-refractivity contribution >= 4 is 46.2 Å². The lowest BCUT2D eigenvalue weighted by Crippen LogP contribution is -2.42. The predicted molar refractivity (Wildman–Crippen MR) is 135 cm³/mol. The average Bonchev–Trinajstić information content (AvgIpc) is 3.40. The van der Waals surface area contributed by atoms with Crippen LogP contribution in [0.2, 0.25) is 5.02 Å². The fourth-order valence-corrected chi connectivity index (χ4v) is 5.66. The van der Waals surface area contributed by atoms with Gasteiger partial charge in [-0.15, -0.1) is 10.2 Å². The van der Waals surface area contributed by atoms with Gasteiger partial charge in [0.2, 0.25) is 11.7 Å². The van der Waals surface area contributed by atoms with Crippen LogP contribution in [-0.4, -0.2) is 57.4 Å². The van der Waals surface area contributed by atoms with Gasteiger partial charge in [0, 0.05) is 31.7 Å². The molecule has 1 amide bonds. The van der Waals surface area contributed by atoms with Gasteiger partial charge < -0.3 is 4.90 Å². The Hall–Kier alpha value is -3.05.